The average Bonchev–Trinajstić information content (AvgIpc) is 2.86. The van der Waals surface area contributed by atoms with E-state index in [4.69, 9.17) is 11.6 Å². The van der Waals surface area contributed by atoms with Crippen LogP contribution in [0.1, 0.15) is 22.9 Å². The van der Waals surface area contributed by atoms with Crippen molar-refractivity contribution in [2.24, 2.45) is 0 Å². The van der Waals surface area contributed by atoms with E-state index >= 15 is 0 Å². The normalized spacial score (nSPS) is 11.0. The predicted octanol–water partition coefficient (Wildman–Crippen LogP) is 1.91. The molecule has 0 aliphatic carbocycles. The first-order chi connectivity index (χ1) is 10.5. The van der Waals surface area contributed by atoms with Crippen molar-refractivity contribution in [1.82, 2.24) is 25.0 Å². The van der Waals surface area contributed by atoms with Gasteiger partial charge in [0, 0.05) is 11.6 Å². The standard InChI is InChI=1S/C15H20ClN5O/c1-11-18-14(15(22)17-9-4-10-20(2)3)19-21(11)13-7-5-12(16)6-8-13/h5-8H,4,9-10H2,1-3H3,(H,17,22). The molecule has 6 nitrogen and oxygen atoms in total. The van der Waals surface area contributed by atoms with E-state index < -0.39 is 0 Å². The summed E-state index contributed by atoms with van der Waals surface area (Å²) in [7, 11) is 4.00. The van der Waals surface area contributed by atoms with Crippen LogP contribution in [-0.4, -0.2) is 52.8 Å². The second-order valence-corrected chi connectivity index (χ2v) is 5.72. The molecule has 0 unspecified atom stereocenters. The van der Waals surface area contributed by atoms with Gasteiger partial charge in [-0.25, -0.2) is 9.67 Å². The number of amides is 1. The van der Waals surface area contributed by atoms with E-state index in [9.17, 15) is 4.79 Å². The third-order valence-corrected chi connectivity index (χ3v) is 3.36. The average molecular weight is 322 g/mol. The topological polar surface area (TPSA) is 63.1 Å². The first kappa shape index (κ1) is 16.5. The molecule has 22 heavy (non-hydrogen) atoms. The number of rotatable bonds is 6. The van der Waals surface area contributed by atoms with Crippen molar-refractivity contribution < 1.29 is 4.79 Å². The van der Waals surface area contributed by atoms with Crippen LogP contribution < -0.4 is 5.32 Å². The molecule has 0 saturated heterocycles. The first-order valence-electron chi connectivity index (χ1n) is 7.10. The van der Waals surface area contributed by atoms with E-state index in [1.807, 2.05) is 33.2 Å². The van der Waals surface area contributed by atoms with Crippen LogP contribution in [-0.2, 0) is 0 Å². The summed E-state index contributed by atoms with van der Waals surface area (Å²) in [6.07, 6.45) is 0.885. The molecule has 1 aromatic heterocycles. The lowest BCUT2D eigenvalue weighted by Crippen LogP contribution is -2.28. The predicted molar refractivity (Wildman–Crippen MR) is 86.6 cm³/mol. The molecule has 7 heteroatoms. The van der Waals surface area contributed by atoms with Gasteiger partial charge in [0.05, 0.1) is 5.69 Å². The number of aromatic nitrogens is 3. The van der Waals surface area contributed by atoms with Crippen molar-refractivity contribution >= 4 is 17.5 Å². The molecular weight excluding hydrogens is 302 g/mol. The van der Waals surface area contributed by atoms with Crippen molar-refractivity contribution in [1.29, 1.82) is 0 Å². The van der Waals surface area contributed by atoms with Gasteiger partial charge in [0.15, 0.2) is 0 Å². The van der Waals surface area contributed by atoms with Gasteiger partial charge in [-0.1, -0.05) is 11.6 Å². The van der Waals surface area contributed by atoms with Gasteiger partial charge in [0.25, 0.3) is 5.91 Å². The maximum Gasteiger partial charge on any atom is 0.290 e. The molecule has 118 valence electrons. The molecule has 1 heterocycles. The minimum Gasteiger partial charge on any atom is -0.349 e. The summed E-state index contributed by atoms with van der Waals surface area (Å²) in [6, 6.07) is 7.23. The first-order valence-corrected chi connectivity index (χ1v) is 7.47. The molecular formula is C15H20ClN5O. The van der Waals surface area contributed by atoms with Crippen LogP contribution in [0, 0.1) is 6.92 Å². The van der Waals surface area contributed by atoms with E-state index in [1.54, 1.807) is 16.8 Å². The largest absolute Gasteiger partial charge is 0.349 e. The summed E-state index contributed by atoms with van der Waals surface area (Å²) in [5.41, 5.74) is 0.820. The van der Waals surface area contributed by atoms with Crippen LogP contribution in [0.25, 0.3) is 5.69 Å². The Labute approximate surface area is 135 Å². The number of benzene rings is 1. The van der Waals surface area contributed by atoms with Gasteiger partial charge in [0.2, 0.25) is 5.82 Å². The summed E-state index contributed by atoms with van der Waals surface area (Å²) < 4.78 is 1.63. The van der Waals surface area contributed by atoms with Crippen molar-refractivity contribution in [2.75, 3.05) is 27.2 Å². The van der Waals surface area contributed by atoms with Gasteiger partial charge in [-0.3, -0.25) is 4.79 Å². The Kier molecular flexibility index (Phi) is 5.51. The van der Waals surface area contributed by atoms with Crippen molar-refractivity contribution in [3.8, 4) is 5.69 Å². The molecule has 0 atom stereocenters. The zero-order valence-electron chi connectivity index (χ0n) is 13.0. The zero-order valence-corrected chi connectivity index (χ0v) is 13.8. The van der Waals surface area contributed by atoms with Crippen LogP contribution in [0.3, 0.4) is 0 Å². The molecule has 2 aromatic rings. The number of hydrogen-bond donors (Lipinski definition) is 1. The molecule has 1 amide bonds. The van der Waals surface area contributed by atoms with Gasteiger partial charge in [0.1, 0.15) is 5.82 Å². The highest BCUT2D eigenvalue weighted by Gasteiger charge is 2.14. The van der Waals surface area contributed by atoms with Crippen molar-refractivity contribution in [2.45, 2.75) is 13.3 Å². The number of aryl methyl sites for hydroxylation is 1. The Bertz CT molecular complexity index is 636. The van der Waals surface area contributed by atoms with Crippen molar-refractivity contribution in [3.63, 3.8) is 0 Å². The Morgan fingerprint density at radius 1 is 1.32 bits per heavy atom. The molecule has 1 N–H and O–H groups in total. The Hall–Kier alpha value is -1.92. The lowest BCUT2D eigenvalue weighted by atomic mass is 10.3. The molecule has 1 aromatic carbocycles. The van der Waals surface area contributed by atoms with Crippen LogP contribution >= 0.6 is 11.6 Å². The van der Waals surface area contributed by atoms with Gasteiger partial charge in [-0.15, -0.1) is 5.10 Å². The van der Waals surface area contributed by atoms with Crippen LogP contribution in [0.4, 0.5) is 0 Å². The monoisotopic (exact) mass is 321 g/mol. The summed E-state index contributed by atoms with van der Waals surface area (Å²) in [6.45, 7) is 3.34. The molecule has 0 aliphatic rings. The van der Waals surface area contributed by atoms with E-state index in [-0.39, 0.29) is 11.7 Å². The van der Waals surface area contributed by atoms with Crippen LogP contribution in [0.2, 0.25) is 5.02 Å². The van der Waals surface area contributed by atoms with Gasteiger partial charge in [-0.2, -0.15) is 0 Å². The fourth-order valence-corrected chi connectivity index (χ4v) is 2.12. The van der Waals surface area contributed by atoms with Crippen LogP contribution in [0.15, 0.2) is 24.3 Å². The summed E-state index contributed by atoms with van der Waals surface area (Å²) >= 11 is 5.87. The second kappa shape index (κ2) is 7.38. The number of carbonyl (C=O) groups excluding carboxylic acids is 1. The van der Waals surface area contributed by atoms with Gasteiger partial charge < -0.3 is 10.2 Å². The molecule has 2 rings (SSSR count). The fraction of sp³-hybridized carbons (Fsp3) is 0.400. The SMILES string of the molecule is Cc1nc(C(=O)NCCCN(C)C)nn1-c1ccc(Cl)cc1. The summed E-state index contributed by atoms with van der Waals surface area (Å²) in [5.74, 6) is 0.577. The maximum absolute atomic E-state index is 12.1. The number of hydrogen-bond acceptors (Lipinski definition) is 4. The van der Waals surface area contributed by atoms with Gasteiger partial charge >= 0.3 is 0 Å². The fourth-order valence-electron chi connectivity index (χ4n) is 1.99. The Morgan fingerprint density at radius 2 is 2.00 bits per heavy atom. The number of nitrogens with zero attached hydrogens (tertiary/aromatic N) is 4. The molecule has 0 spiro atoms. The summed E-state index contributed by atoms with van der Waals surface area (Å²) in [4.78, 5) is 18.3. The maximum atomic E-state index is 12.1. The Balaban J connectivity index is 2.02. The van der Waals surface area contributed by atoms with Crippen LogP contribution in [0.5, 0.6) is 0 Å². The van der Waals surface area contributed by atoms with E-state index in [0.29, 0.717) is 17.4 Å². The molecule has 0 bridgehead atoms. The number of carbonyl (C=O) groups is 1. The minimum atomic E-state index is -0.255. The lowest BCUT2D eigenvalue weighted by Gasteiger charge is -2.08. The third-order valence-electron chi connectivity index (χ3n) is 3.11. The smallest absolute Gasteiger partial charge is 0.290 e. The third kappa shape index (κ3) is 4.29. The minimum absolute atomic E-state index is 0.178. The summed E-state index contributed by atoms with van der Waals surface area (Å²) in [5, 5.41) is 7.75. The number of nitrogens with one attached hydrogen (secondary N) is 1. The molecule has 0 fully saturated rings. The van der Waals surface area contributed by atoms with E-state index in [0.717, 1.165) is 18.7 Å². The molecule has 0 saturated carbocycles. The Morgan fingerprint density at radius 3 is 2.64 bits per heavy atom. The highest BCUT2D eigenvalue weighted by Crippen LogP contribution is 2.14. The van der Waals surface area contributed by atoms with Crippen molar-refractivity contribution in [3.05, 3.63) is 40.9 Å². The quantitative estimate of drug-likeness (QED) is 0.826. The highest BCUT2D eigenvalue weighted by molar-refractivity contribution is 6.30. The lowest BCUT2D eigenvalue weighted by molar-refractivity contribution is 0.0942. The molecule has 0 radical (unpaired) electrons. The molecule has 0 aliphatic heterocycles. The zero-order chi connectivity index (χ0) is 16.1. The number of halogens is 1. The van der Waals surface area contributed by atoms with E-state index in [2.05, 4.69) is 20.3 Å². The van der Waals surface area contributed by atoms with Gasteiger partial charge in [-0.05, 0) is 58.3 Å². The second-order valence-electron chi connectivity index (χ2n) is 5.28. The van der Waals surface area contributed by atoms with E-state index in [1.165, 1.54) is 0 Å². The highest BCUT2D eigenvalue weighted by atomic mass is 35.5.